The molecular weight excluding hydrogens is 1160 g/mol. The number of hydrogen-bond acceptors (Lipinski definition) is 9. The van der Waals surface area contributed by atoms with Crippen molar-refractivity contribution in [2.75, 3.05) is 47.0 Å². The van der Waals surface area contributed by atoms with Gasteiger partial charge in [-0.25, -0.2) is 9.59 Å². The fraction of sp³-hybridized carbons (Fsp3) is 0.630. The topological polar surface area (TPSA) is 113 Å². The van der Waals surface area contributed by atoms with E-state index in [4.69, 9.17) is 28.4 Å². The summed E-state index contributed by atoms with van der Waals surface area (Å²) in [6.07, 6.45) is 33.3. The van der Waals surface area contributed by atoms with Crippen LogP contribution in [0.5, 0.6) is 17.2 Å². The summed E-state index contributed by atoms with van der Waals surface area (Å²) in [5.74, 6) is 5.07. The van der Waals surface area contributed by atoms with E-state index in [-0.39, 0.29) is 51.0 Å². The van der Waals surface area contributed by atoms with Crippen molar-refractivity contribution in [2.24, 2.45) is 17.8 Å². The van der Waals surface area contributed by atoms with Crippen LogP contribution >= 0.6 is 28.3 Å². The lowest BCUT2D eigenvalue weighted by Crippen LogP contribution is -2.34. The van der Waals surface area contributed by atoms with Gasteiger partial charge in [0.05, 0.1) is 19.8 Å². The number of allylic oxidation sites excluding steroid dienone is 1. The van der Waals surface area contributed by atoms with Gasteiger partial charge in [0.2, 0.25) is 0 Å². The maximum Gasteiger partial charge on any atom is 0.410 e. The van der Waals surface area contributed by atoms with Gasteiger partial charge in [0.1, 0.15) is 34.1 Å². The number of amides is 2. The van der Waals surface area contributed by atoms with Crippen LogP contribution in [0.2, 0.25) is 0 Å². The normalized spacial score (nSPS) is 14.4. The minimum atomic E-state index is -0.473. The molecule has 0 unspecified atom stereocenters. The second-order valence-corrected chi connectivity index (χ2v) is 26.3. The van der Waals surface area contributed by atoms with Gasteiger partial charge in [-0.1, -0.05) is 163 Å². The molecule has 0 radical (unpaired) electrons. The van der Waals surface area contributed by atoms with Gasteiger partial charge < -0.3 is 38.2 Å². The van der Waals surface area contributed by atoms with E-state index in [1.807, 2.05) is 123 Å². The van der Waals surface area contributed by atoms with Gasteiger partial charge in [-0.3, -0.25) is 4.79 Å². The number of ether oxygens (including phenoxy) is 6. The Balaban J connectivity index is 0. The maximum absolute atomic E-state index is 11.9. The van der Waals surface area contributed by atoms with Crippen molar-refractivity contribution in [3.8, 4) is 17.2 Å². The molecule has 3 aliphatic carbocycles. The number of carbonyl (C=O) groups is 3. The summed E-state index contributed by atoms with van der Waals surface area (Å²) >= 11 is 3.45. The third kappa shape index (κ3) is 43.6. The van der Waals surface area contributed by atoms with Gasteiger partial charge >= 0.3 is 18.2 Å². The molecule has 3 aliphatic rings. The van der Waals surface area contributed by atoms with Gasteiger partial charge in [-0.05, 0) is 191 Å². The minimum Gasteiger partial charge on any atom is -0.493 e. The standard InChI is InChI=1S/C22H33NO3.C18H28O.C13H17BrO.C9H17NO2.C9H16O2.2CH4.ClH/c1-22(2,3)26-21(24)23(4)15-9-13-18-12-8-14-20(16-18)25-17-19-10-6-5-7-11-19;1-2-3-5-9-16-12-8-13-18(14-16)19-15-17-10-6-4-7-11-17;14-12-7-4-8-13(9-12)15-10-11-5-2-1-3-6-11;1-6-7-10(5)8(11)12-9(2,3)4;1-5-6-7-8(10)11-9(2,3)4;;;/h8-9,12-14,16,19H,5-7,10-11,15,17H2,1-4H3;8,12-14,17H,2-7,9-11,15H2,1H3;4,7-9,11H,1-3,5-6,10H2;6H,1,7H2,2-5H3;5H,1,6-7H2,2-4H3;2*1H4;1H/b13-9+;;;;;;;. The second-order valence-electron chi connectivity index (χ2n) is 25.4. The molecule has 490 valence electrons. The number of aryl methyl sites for hydroxylation is 1. The monoisotopic (exact) mass is 1280 g/mol. The van der Waals surface area contributed by atoms with E-state index in [1.54, 1.807) is 31.1 Å². The number of hydrogen-bond donors (Lipinski definition) is 0. The summed E-state index contributed by atoms with van der Waals surface area (Å²) in [4.78, 5) is 37.1. The Kier molecular flexibility index (Phi) is 45.5. The Hall–Kier alpha value is -4.94. The zero-order valence-corrected chi connectivity index (χ0v) is 56.5. The van der Waals surface area contributed by atoms with Crippen LogP contribution in [0.1, 0.15) is 224 Å². The fourth-order valence-electron chi connectivity index (χ4n) is 9.32. The first kappa shape index (κ1) is 83.1. The Morgan fingerprint density at radius 2 is 0.977 bits per heavy atom. The number of esters is 1. The highest BCUT2D eigenvalue weighted by atomic mass is 79.9. The number of likely N-dealkylation sites (N-methyl/N-ethyl adjacent to an activating group) is 2. The largest absolute Gasteiger partial charge is 0.493 e. The summed E-state index contributed by atoms with van der Waals surface area (Å²) in [7, 11) is 3.41. The van der Waals surface area contributed by atoms with E-state index in [9.17, 15) is 14.4 Å². The van der Waals surface area contributed by atoms with Crippen LogP contribution in [0.15, 0.2) is 109 Å². The first-order valence-corrected chi connectivity index (χ1v) is 32.0. The molecule has 3 aromatic rings. The smallest absolute Gasteiger partial charge is 0.410 e. The molecule has 0 spiro atoms. The molecule has 0 aliphatic heterocycles. The molecule has 0 heterocycles. The van der Waals surface area contributed by atoms with Gasteiger partial charge in [0.25, 0.3) is 0 Å². The van der Waals surface area contributed by atoms with E-state index in [0.29, 0.717) is 31.8 Å². The molecule has 0 saturated heterocycles. The number of halogens is 2. The van der Waals surface area contributed by atoms with Crippen molar-refractivity contribution in [3.05, 3.63) is 120 Å². The number of rotatable bonds is 21. The van der Waals surface area contributed by atoms with E-state index >= 15 is 0 Å². The third-order valence-corrected chi connectivity index (χ3v) is 14.2. The number of benzene rings is 3. The molecule has 11 nitrogen and oxygen atoms in total. The molecule has 3 saturated carbocycles. The van der Waals surface area contributed by atoms with Crippen LogP contribution in [0.4, 0.5) is 9.59 Å². The van der Waals surface area contributed by atoms with Crippen LogP contribution in [0, 0.1) is 17.8 Å². The summed E-state index contributed by atoms with van der Waals surface area (Å²) in [6, 6.07) is 24.9. The van der Waals surface area contributed by atoms with Crippen molar-refractivity contribution in [1.29, 1.82) is 0 Å². The molecule has 13 heteroatoms. The Morgan fingerprint density at radius 1 is 0.558 bits per heavy atom. The molecule has 86 heavy (non-hydrogen) atoms. The zero-order valence-electron chi connectivity index (χ0n) is 54.1. The summed E-state index contributed by atoms with van der Waals surface area (Å²) in [6.45, 7) is 29.6. The van der Waals surface area contributed by atoms with Crippen LogP contribution in [-0.2, 0) is 25.4 Å². The Bertz CT molecular complexity index is 2290. The van der Waals surface area contributed by atoms with Gasteiger partial charge in [0.15, 0.2) is 0 Å². The van der Waals surface area contributed by atoms with Crippen molar-refractivity contribution in [3.63, 3.8) is 0 Å². The van der Waals surface area contributed by atoms with Crippen LogP contribution in [-0.4, -0.2) is 91.8 Å². The Morgan fingerprint density at radius 3 is 1.40 bits per heavy atom. The molecule has 3 aromatic carbocycles. The first-order valence-electron chi connectivity index (χ1n) is 31.2. The highest BCUT2D eigenvalue weighted by Gasteiger charge is 2.21. The minimum absolute atomic E-state index is 0. The first-order chi connectivity index (χ1) is 39.4. The second kappa shape index (κ2) is 47.1. The van der Waals surface area contributed by atoms with Crippen LogP contribution in [0.25, 0.3) is 6.08 Å². The predicted octanol–water partition coefficient (Wildman–Crippen LogP) is 21.3. The van der Waals surface area contributed by atoms with E-state index in [1.165, 1.54) is 132 Å². The van der Waals surface area contributed by atoms with Crippen molar-refractivity contribution in [1.82, 2.24) is 9.80 Å². The number of nitrogens with zero attached hydrogens (tertiary/aromatic N) is 2. The highest BCUT2D eigenvalue weighted by molar-refractivity contribution is 9.10. The fourth-order valence-corrected chi connectivity index (χ4v) is 9.70. The molecule has 0 atom stereocenters. The maximum atomic E-state index is 11.9. The average molecular weight is 1290 g/mol. The lowest BCUT2D eigenvalue weighted by Gasteiger charge is -2.23. The van der Waals surface area contributed by atoms with Gasteiger partial charge in [-0.15, -0.1) is 25.6 Å². The molecular formula is C73H120BrClN2O9. The van der Waals surface area contributed by atoms with Crippen LogP contribution < -0.4 is 14.2 Å². The summed E-state index contributed by atoms with van der Waals surface area (Å²) < 4.78 is 34.4. The van der Waals surface area contributed by atoms with Crippen molar-refractivity contribution >= 4 is 52.6 Å². The van der Waals surface area contributed by atoms with Gasteiger partial charge in [0, 0.05) is 38.1 Å². The molecule has 0 N–H and O–H groups in total. The Labute approximate surface area is 539 Å². The van der Waals surface area contributed by atoms with Crippen LogP contribution in [0.3, 0.4) is 0 Å². The lowest BCUT2D eigenvalue weighted by atomic mass is 9.90. The van der Waals surface area contributed by atoms with E-state index in [0.717, 1.165) is 58.9 Å². The van der Waals surface area contributed by atoms with E-state index in [2.05, 4.69) is 60.3 Å². The average Bonchev–Trinajstić information content (AvgIpc) is 3.66. The summed E-state index contributed by atoms with van der Waals surface area (Å²) in [5, 5.41) is 0. The van der Waals surface area contributed by atoms with Crippen molar-refractivity contribution < 1.29 is 42.8 Å². The van der Waals surface area contributed by atoms with Crippen molar-refractivity contribution in [2.45, 2.75) is 236 Å². The van der Waals surface area contributed by atoms with Gasteiger partial charge in [-0.2, -0.15) is 0 Å². The lowest BCUT2D eigenvalue weighted by molar-refractivity contribution is -0.154. The van der Waals surface area contributed by atoms with E-state index < -0.39 is 11.2 Å². The SMILES string of the molecule is Brc1cccc(OCC2CCCCC2)c1.C.C.C=CCCC(=O)OC(C)(C)C.C=CCN(C)C(=O)OC(C)(C)C.CCCCCc1cccc(OCC2CCCCC2)c1.CN(C/C=C/c1cccc(OCC2CCCCC2)c1)C(=O)OC(C)(C)C.Cl. The zero-order chi connectivity index (χ0) is 61.5. The molecule has 0 bridgehead atoms. The molecule has 2 amide bonds. The quantitative estimate of drug-likeness (QED) is 0.0445. The number of unbranched alkanes of at least 4 members (excludes halogenated alkanes) is 2. The number of carbonyl (C=O) groups excluding carboxylic acids is 3. The molecule has 0 aromatic heterocycles. The predicted molar refractivity (Wildman–Crippen MR) is 369 cm³/mol. The molecule has 3 fully saturated rings. The summed E-state index contributed by atoms with van der Waals surface area (Å²) in [5.41, 5.74) is 1.24. The molecule has 6 rings (SSSR count). The highest BCUT2D eigenvalue weighted by Crippen LogP contribution is 2.28. The third-order valence-electron chi connectivity index (χ3n) is 13.7.